The highest BCUT2D eigenvalue weighted by molar-refractivity contribution is 6.00. The summed E-state index contributed by atoms with van der Waals surface area (Å²) in [7, 11) is 0. The monoisotopic (exact) mass is 966 g/mol. The molecule has 5 aliphatic rings. The maximum absolute atomic E-state index is 2.65. The highest BCUT2D eigenvalue weighted by Crippen LogP contribution is 2.66. The number of benzene rings is 11. The van der Waals surface area contributed by atoms with Gasteiger partial charge in [-0.1, -0.05) is 231 Å². The molecule has 2 nitrogen and oxygen atoms in total. The lowest BCUT2D eigenvalue weighted by molar-refractivity contribution is 0.752. The summed E-state index contributed by atoms with van der Waals surface area (Å²) in [5.74, 6) is 0. The van der Waals surface area contributed by atoms with Crippen molar-refractivity contribution in [1.82, 2.24) is 0 Å². The van der Waals surface area contributed by atoms with Crippen LogP contribution in [0, 0.1) is 0 Å². The first-order valence-electron chi connectivity index (χ1n) is 26.8. The fourth-order valence-corrected chi connectivity index (χ4v) is 14.6. The van der Waals surface area contributed by atoms with Crippen LogP contribution in [0.4, 0.5) is 28.4 Å². The number of rotatable bonds is 6. The molecule has 0 atom stereocenters. The third kappa shape index (κ3) is 5.76. The SMILES string of the molecule is C1=C(N(c2ccc3c(c2)C2(c4ccccc4-3)c3ccccc3N(c3ccccc3)c3ccccc32)c2ccccc2-c2ccccc2-c2ccccc2)CCC2=C1C1(c3ccccc32)c2ccccc2-c2ccccc21. The minimum atomic E-state index is -0.615. The van der Waals surface area contributed by atoms with Gasteiger partial charge in [0.2, 0.25) is 0 Å². The molecule has 0 bridgehead atoms. The number of anilines is 5. The summed E-state index contributed by atoms with van der Waals surface area (Å²) in [5.41, 5.74) is 29.5. The van der Waals surface area contributed by atoms with Crippen molar-refractivity contribution < 1.29 is 0 Å². The van der Waals surface area contributed by atoms with Crippen molar-refractivity contribution in [2.45, 2.75) is 23.7 Å². The van der Waals surface area contributed by atoms with Gasteiger partial charge in [0, 0.05) is 22.6 Å². The molecule has 11 aromatic carbocycles. The Kier molecular flexibility index (Phi) is 9.33. The lowest BCUT2D eigenvalue weighted by atomic mass is 9.64. The van der Waals surface area contributed by atoms with E-state index < -0.39 is 10.8 Å². The average Bonchev–Trinajstić information content (AvgIpc) is 4.29. The van der Waals surface area contributed by atoms with Crippen LogP contribution >= 0.6 is 0 Å². The first-order chi connectivity index (χ1) is 37.7. The first-order valence-corrected chi connectivity index (χ1v) is 26.8. The molecular formula is C74H50N2. The molecule has 4 aliphatic carbocycles. The highest BCUT2D eigenvalue weighted by atomic mass is 15.2. The van der Waals surface area contributed by atoms with E-state index in [0.29, 0.717) is 0 Å². The Labute approximate surface area is 444 Å². The number of allylic oxidation sites excluding steroid dienone is 4. The van der Waals surface area contributed by atoms with Crippen LogP contribution in [0.5, 0.6) is 0 Å². The van der Waals surface area contributed by atoms with Crippen molar-refractivity contribution in [1.29, 1.82) is 0 Å². The van der Waals surface area contributed by atoms with Crippen molar-refractivity contribution in [2.75, 3.05) is 9.80 Å². The Hall–Kier alpha value is -9.50. The smallest absolute Gasteiger partial charge is 0.0755 e. The summed E-state index contributed by atoms with van der Waals surface area (Å²) in [6, 6.07) is 102. The third-order valence-electron chi connectivity index (χ3n) is 17.4. The molecule has 0 N–H and O–H groups in total. The van der Waals surface area contributed by atoms with Crippen molar-refractivity contribution >= 4 is 34.0 Å². The van der Waals surface area contributed by atoms with Crippen LogP contribution in [0.1, 0.15) is 57.3 Å². The van der Waals surface area contributed by atoms with E-state index in [1.54, 1.807) is 0 Å². The van der Waals surface area contributed by atoms with E-state index in [1.807, 2.05) is 0 Å². The predicted octanol–water partition coefficient (Wildman–Crippen LogP) is 18.8. The van der Waals surface area contributed by atoms with Gasteiger partial charge in [0.05, 0.1) is 27.9 Å². The number of hydrogen-bond donors (Lipinski definition) is 0. The Bertz CT molecular complexity index is 4160. The van der Waals surface area contributed by atoms with Crippen LogP contribution in [0.15, 0.2) is 290 Å². The van der Waals surface area contributed by atoms with Gasteiger partial charge in [0.15, 0.2) is 0 Å². The summed E-state index contributed by atoms with van der Waals surface area (Å²) in [5, 5.41) is 0. The van der Waals surface area contributed by atoms with Gasteiger partial charge in [-0.25, -0.2) is 0 Å². The standard InChI is InChI=1S/C74H50N2/c1-3-23-49(24-4-1)53-27-7-8-28-54(53)61-33-13-20-40-70(61)75(51-43-45-59-57-31-11-16-36-64(57)73(68(59)47-51)62-34-14-9-29-55(62)56-30-10-15-35-63(56)73)52-44-46-60-58-32-12-17-37-65(58)74(69(60)48-52)66-38-18-21-41-71(66)76(50-25-5-2-6-26-50)72-42-22-19-39-67(72)74/h1-42,44,46-48H,43,45H2. The minimum Gasteiger partial charge on any atom is -0.314 e. The highest BCUT2D eigenvalue weighted by Gasteiger charge is 2.54. The topological polar surface area (TPSA) is 6.48 Å². The first kappa shape index (κ1) is 43.0. The zero-order valence-corrected chi connectivity index (χ0v) is 41.9. The molecule has 0 amide bonds. The van der Waals surface area contributed by atoms with Crippen LogP contribution in [0.25, 0.3) is 50.1 Å². The van der Waals surface area contributed by atoms with Crippen molar-refractivity contribution in [2.24, 2.45) is 0 Å². The van der Waals surface area contributed by atoms with Crippen LogP contribution in [-0.2, 0) is 10.8 Å². The summed E-state index contributed by atoms with van der Waals surface area (Å²) in [6.45, 7) is 0. The molecule has 0 radical (unpaired) electrons. The summed E-state index contributed by atoms with van der Waals surface area (Å²) in [4.78, 5) is 5.12. The number of para-hydroxylation sites is 4. The Balaban J connectivity index is 0.980. The molecular weight excluding hydrogens is 917 g/mol. The normalized spacial score (nSPS) is 15.2. The van der Waals surface area contributed by atoms with Gasteiger partial charge in [-0.2, -0.15) is 0 Å². The van der Waals surface area contributed by atoms with Crippen LogP contribution in [0.2, 0.25) is 0 Å². The van der Waals surface area contributed by atoms with Gasteiger partial charge in [-0.3, -0.25) is 0 Å². The van der Waals surface area contributed by atoms with Crippen LogP contribution < -0.4 is 9.80 Å². The summed E-state index contributed by atoms with van der Waals surface area (Å²) in [6.07, 6.45) is 4.40. The van der Waals surface area contributed by atoms with E-state index in [-0.39, 0.29) is 0 Å². The largest absolute Gasteiger partial charge is 0.314 e. The van der Waals surface area contributed by atoms with Crippen molar-refractivity contribution in [3.05, 3.63) is 335 Å². The minimum absolute atomic E-state index is 0.459. The van der Waals surface area contributed by atoms with Gasteiger partial charge < -0.3 is 9.80 Å². The second-order valence-electron chi connectivity index (χ2n) is 20.9. The number of nitrogens with zero attached hydrogens (tertiary/aromatic N) is 2. The molecule has 0 saturated heterocycles. The molecule has 356 valence electrons. The summed E-state index contributed by atoms with van der Waals surface area (Å²) >= 11 is 0. The number of fused-ring (bicyclic) bond motifs is 18. The molecule has 0 unspecified atom stereocenters. The molecule has 0 fully saturated rings. The fourth-order valence-electron chi connectivity index (χ4n) is 14.6. The van der Waals surface area contributed by atoms with E-state index in [9.17, 15) is 0 Å². The third-order valence-corrected chi connectivity index (χ3v) is 17.4. The van der Waals surface area contributed by atoms with E-state index in [1.165, 1.54) is 117 Å². The zero-order valence-electron chi connectivity index (χ0n) is 41.9. The van der Waals surface area contributed by atoms with Gasteiger partial charge in [0.1, 0.15) is 0 Å². The Morgan fingerprint density at radius 2 is 0.763 bits per heavy atom. The molecule has 0 aromatic heterocycles. The molecule has 0 saturated carbocycles. The Morgan fingerprint density at radius 1 is 0.316 bits per heavy atom. The predicted molar refractivity (Wildman–Crippen MR) is 314 cm³/mol. The molecule has 76 heavy (non-hydrogen) atoms. The van der Waals surface area contributed by atoms with E-state index in [0.717, 1.165) is 29.9 Å². The molecule has 16 rings (SSSR count). The second-order valence-corrected chi connectivity index (χ2v) is 20.9. The van der Waals surface area contributed by atoms with Crippen LogP contribution in [-0.4, -0.2) is 0 Å². The van der Waals surface area contributed by atoms with E-state index >= 15 is 0 Å². The molecule has 2 heteroatoms. The van der Waals surface area contributed by atoms with Gasteiger partial charge in [-0.05, 0) is 156 Å². The van der Waals surface area contributed by atoms with Crippen molar-refractivity contribution in [3.8, 4) is 44.5 Å². The summed E-state index contributed by atoms with van der Waals surface area (Å²) < 4.78 is 0. The second kappa shape index (κ2) is 16.5. The molecule has 2 spiro atoms. The number of hydrogen-bond acceptors (Lipinski definition) is 2. The molecule has 1 aliphatic heterocycles. The molecule has 1 heterocycles. The lowest BCUT2D eigenvalue weighted by Gasteiger charge is -2.45. The average molecular weight is 967 g/mol. The lowest BCUT2D eigenvalue weighted by Crippen LogP contribution is -2.36. The quantitative estimate of drug-likeness (QED) is 0.164. The Morgan fingerprint density at radius 3 is 1.38 bits per heavy atom. The van der Waals surface area contributed by atoms with Gasteiger partial charge in [-0.15, -0.1) is 0 Å². The van der Waals surface area contributed by atoms with Crippen molar-refractivity contribution in [3.63, 3.8) is 0 Å². The van der Waals surface area contributed by atoms with Gasteiger partial charge in [0.25, 0.3) is 0 Å². The zero-order chi connectivity index (χ0) is 50.0. The van der Waals surface area contributed by atoms with E-state index in [4.69, 9.17) is 0 Å². The maximum Gasteiger partial charge on any atom is 0.0755 e. The van der Waals surface area contributed by atoms with Gasteiger partial charge >= 0.3 is 0 Å². The van der Waals surface area contributed by atoms with Crippen LogP contribution in [0.3, 0.4) is 0 Å². The van der Waals surface area contributed by atoms with E-state index in [2.05, 4.69) is 289 Å². The fraction of sp³-hybridized carbons (Fsp3) is 0.0541. The maximum atomic E-state index is 2.65. The molecule has 11 aromatic rings.